The van der Waals surface area contributed by atoms with Crippen molar-refractivity contribution in [2.24, 2.45) is 10.2 Å². The van der Waals surface area contributed by atoms with E-state index in [4.69, 9.17) is 23.2 Å². The summed E-state index contributed by atoms with van der Waals surface area (Å²) < 4.78 is 0. The lowest BCUT2D eigenvalue weighted by atomic mass is 10.2. The van der Waals surface area contributed by atoms with Crippen LogP contribution >= 0.6 is 34.5 Å². The number of thiazole rings is 1. The van der Waals surface area contributed by atoms with Gasteiger partial charge in [-0.3, -0.25) is 9.59 Å². The Kier molecular flexibility index (Phi) is 7.06. The number of carbonyl (C=O) groups is 1. The average molecular weight is 513 g/mol. The molecule has 2 heterocycles. The third kappa shape index (κ3) is 5.69. The second kappa shape index (κ2) is 10.2. The number of pyridine rings is 1. The van der Waals surface area contributed by atoms with Crippen molar-refractivity contribution in [2.45, 2.75) is 13.8 Å². The summed E-state index contributed by atoms with van der Waals surface area (Å²) in [5, 5.41) is 16.1. The summed E-state index contributed by atoms with van der Waals surface area (Å²) in [7, 11) is 0. The van der Waals surface area contributed by atoms with Gasteiger partial charge in [0.2, 0.25) is 5.13 Å². The van der Waals surface area contributed by atoms with Crippen LogP contribution in [0.1, 0.15) is 22.3 Å². The number of nitrogens with zero attached hydrogens (tertiary/aromatic N) is 3. The van der Waals surface area contributed by atoms with Crippen LogP contribution in [-0.2, 0) is 0 Å². The lowest BCUT2D eigenvalue weighted by Gasteiger charge is -2.14. The monoisotopic (exact) mass is 512 g/mol. The molecule has 2 aromatic heterocycles. The van der Waals surface area contributed by atoms with Gasteiger partial charge < -0.3 is 15.6 Å². The summed E-state index contributed by atoms with van der Waals surface area (Å²) in [6.45, 7) is 3.19. The van der Waals surface area contributed by atoms with Gasteiger partial charge in [-0.25, -0.2) is 4.98 Å². The summed E-state index contributed by atoms with van der Waals surface area (Å²) in [6, 6.07) is 15.7. The number of H-pyrrole nitrogens is 1. The molecule has 0 aliphatic rings. The minimum absolute atomic E-state index is 0.0651. The van der Waals surface area contributed by atoms with Crippen molar-refractivity contribution in [1.29, 1.82) is 0 Å². The number of hydrogen-bond acceptors (Lipinski definition) is 8. The number of carbonyl (C=O) groups excluding carboxylic acids is 1. The molecule has 11 heteroatoms. The number of Topliss-reactive ketones (excluding diaryl/α,β-unsaturated/α-hetero) is 1. The van der Waals surface area contributed by atoms with E-state index in [-0.39, 0.29) is 16.6 Å². The molecule has 0 saturated carbocycles. The maximum Gasteiger partial charge on any atom is 0.277 e. The third-order valence-electron chi connectivity index (χ3n) is 4.61. The van der Waals surface area contributed by atoms with Gasteiger partial charge in [-0.1, -0.05) is 34.5 Å². The summed E-state index contributed by atoms with van der Waals surface area (Å²) in [4.78, 5) is 32.0. The van der Waals surface area contributed by atoms with Crippen LogP contribution in [0, 0.1) is 6.92 Å². The molecule has 172 valence electrons. The van der Waals surface area contributed by atoms with E-state index < -0.39 is 5.56 Å². The lowest BCUT2D eigenvalue weighted by Crippen LogP contribution is -2.10. The number of aromatic nitrogens is 2. The first-order chi connectivity index (χ1) is 16.3. The fraction of sp³-hybridized carbons (Fsp3) is 0.0870. The van der Waals surface area contributed by atoms with Crippen LogP contribution in [0.4, 0.5) is 33.7 Å². The molecule has 0 atom stereocenters. The standard InChI is InChI=1S/C23H18Cl2N6O2S/c1-12-20(13(2)32)34-23(26-12)31-30-19-11-18(27-16-7-3-14(24)4-8-16)21(29-22(19)33)28-17-9-5-15(25)6-10-17/h3-11,27H,1-2H3,(H2,28,29,33). The van der Waals surface area contributed by atoms with Crippen LogP contribution in [-0.4, -0.2) is 15.8 Å². The number of nitrogens with one attached hydrogen (secondary N) is 3. The highest BCUT2D eigenvalue weighted by Crippen LogP contribution is 2.31. The van der Waals surface area contributed by atoms with Crippen molar-refractivity contribution in [3.8, 4) is 0 Å². The third-order valence-corrected chi connectivity index (χ3v) is 6.25. The molecule has 4 rings (SSSR count). The van der Waals surface area contributed by atoms with E-state index in [1.807, 2.05) is 12.1 Å². The quantitative estimate of drug-likeness (QED) is 0.175. The molecule has 0 spiro atoms. The molecule has 0 saturated heterocycles. The molecule has 0 unspecified atom stereocenters. The zero-order chi connectivity index (χ0) is 24.2. The Labute approximate surface area is 208 Å². The molecular formula is C23H18Cl2N6O2S. The fourth-order valence-electron chi connectivity index (χ4n) is 3.01. The molecule has 0 amide bonds. The molecule has 0 aliphatic heterocycles. The predicted molar refractivity (Wildman–Crippen MR) is 138 cm³/mol. The number of ketones is 1. The molecule has 0 bridgehead atoms. The van der Waals surface area contributed by atoms with Gasteiger partial charge in [0.1, 0.15) is 5.82 Å². The second-order valence-electron chi connectivity index (χ2n) is 7.20. The van der Waals surface area contributed by atoms with Gasteiger partial charge in [0.15, 0.2) is 11.5 Å². The van der Waals surface area contributed by atoms with E-state index in [0.29, 0.717) is 32.1 Å². The van der Waals surface area contributed by atoms with Crippen molar-refractivity contribution >= 4 is 74.0 Å². The van der Waals surface area contributed by atoms with Crippen LogP contribution in [0.3, 0.4) is 0 Å². The number of anilines is 4. The Morgan fingerprint density at radius 3 is 2.12 bits per heavy atom. The summed E-state index contributed by atoms with van der Waals surface area (Å²) in [5.74, 6) is 0.326. The highest BCUT2D eigenvalue weighted by Gasteiger charge is 2.13. The molecule has 8 nitrogen and oxygen atoms in total. The maximum absolute atomic E-state index is 12.7. The number of halogens is 2. The Bertz CT molecular complexity index is 1430. The minimum atomic E-state index is -0.457. The second-order valence-corrected chi connectivity index (χ2v) is 9.05. The highest BCUT2D eigenvalue weighted by molar-refractivity contribution is 7.17. The van der Waals surface area contributed by atoms with Crippen LogP contribution in [0.25, 0.3) is 0 Å². The van der Waals surface area contributed by atoms with Gasteiger partial charge >= 0.3 is 0 Å². The van der Waals surface area contributed by atoms with Crippen LogP contribution in [0.5, 0.6) is 0 Å². The van der Waals surface area contributed by atoms with E-state index in [1.54, 1.807) is 49.4 Å². The van der Waals surface area contributed by atoms with Gasteiger partial charge in [0.05, 0.1) is 16.3 Å². The van der Waals surface area contributed by atoms with Crippen molar-refractivity contribution < 1.29 is 4.79 Å². The van der Waals surface area contributed by atoms with Crippen molar-refractivity contribution in [1.82, 2.24) is 9.97 Å². The largest absolute Gasteiger partial charge is 0.352 e. The number of rotatable bonds is 7. The van der Waals surface area contributed by atoms with E-state index in [2.05, 4.69) is 30.8 Å². The fourth-order valence-corrected chi connectivity index (χ4v) is 4.04. The van der Waals surface area contributed by atoms with E-state index in [1.165, 1.54) is 6.92 Å². The first kappa shape index (κ1) is 23.6. The number of aromatic amines is 1. The van der Waals surface area contributed by atoms with Crippen molar-refractivity contribution in [2.75, 3.05) is 10.6 Å². The van der Waals surface area contributed by atoms with E-state index in [0.717, 1.165) is 22.7 Å². The average Bonchev–Trinajstić information content (AvgIpc) is 3.18. The molecule has 0 aliphatic carbocycles. The van der Waals surface area contributed by atoms with Gasteiger partial charge in [-0.15, -0.1) is 10.2 Å². The first-order valence-electron chi connectivity index (χ1n) is 10.0. The van der Waals surface area contributed by atoms with Crippen LogP contribution in [0.2, 0.25) is 10.0 Å². The van der Waals surface area contributed by atoms with Crippen LogP contribution < -0.4 is 16.2 Å². The first-order valence-corrected chi connectivity index (χ1v) is 11.6. The van der Waals surface area contributed by atoms with E-state index >= 15 is 0 Å². The van der Waals surface area contributed by atoms with Gasteiger partial charge in [-0.2, -0.15) is 0 Å². The Hall–Kier alpha value is -3.53. The molecular weight excluding hydrogens is 495 g/mol. The number of benzene rings is 2. The molecule has 3 N–H and O–H groups in total. The molecule has 34 heavy (non-hydrogen) atoms. The molecule has 2 aromatic carbocycles. The SMILES string of the molecule is CC(=O)c1sc(N=Nc2cc(Nc3ccc(Cl)cc3)c(Nc3ccc(Cl)cc3)[nH]c2=O)nc1C. The van der Waals surface area contributed by atoms with Gasteiger partial charge in [0.25, 0.3) is 5.56 Å². The summed E-state index contributed by atoms with van der Waals surface area (Å²) >= 11 is 13.1. The normalized spacial score (nSPS) is 11.1. The highest BCUT2D eigenvalue weighted by atomic mass is 35.5. The Balaban J connectivity index is 1.70. The van der Waals surface area contributed by atoms with E-state index in [9.17, 15) is 9.59 Å². The van der Waals surface area contributed by atoms with Crippen LogP contribution in [0.15, 0.2) is 69.6 Å². The summed E-state index contributed by atoms with van der Waals surface area (Å²) in [5.41, 5.74) is 2.21. The van der Waals surface area contributed by atoms with Crippen molar-refractivity contribution in [3.05, 3.63) is 85.6 Å². The molecule has 4 aromatic rings. The number of aryl methyl sites for hydroxylation is 1. The van der Waals surface area contributed by atoms with Gasteiger partial charge in [0, 0.05) is 28.3 Å². The predicted octanol–water partition coefficient (Wildman–Crippen LogP) is 7.55. The van der Waals surface area contributed by atoms with Gasteiger partial charge in [-0.05, 0) is 61.5 Å². The summed E-state index contributed by atoms with van der Waals surface area (Å²) in [6.07, 6.45) is 0. The maximum atomic E-state index is 12.7. The lowest BCUT2D eigenvalue weighted by molar-refractivity contribution is 0.102. The number of hydrogen-bond donors (Lipinski definition) is 3. The number of azo groups is 1. The molecule has 0 fully saturated rings. The Morgan fingerprint density at radius 2 is 1.56 bits per heavy atom. The molecule has 0 radical (unpaired) electrons. The Morgan fingerprint density at radius 1 is 0.971 bits per heavy atom. The van der Waals surface area contributed by atoms with Crippen molar-refractivity contribution in [3.63, 3.8) is 0 Å². The zero-order valence-corrected chi connectivity index (χ0v) is 20.3. The topological polar surface area (TPSA) is 112 Å². The minimum Gasteiger partial charge on any atom is -0.352 e. The zero-order valence-electron chi connectivity index (χ0n) is 18.0. The smallest absolute Gasteiger partial charge is 0.277 e.